The van der Waals surface area contributed by atoms with Crippen molar-refractivity contribution in [1.82, 2.24) is 5.32 Å². The number of aliphatic carboxylic acids is 1. The van der Waals surface area contributed by atoms with Gasteiger partial charge in [0.15, 0.2) is 0 Å². The molecule has 0 aliphatic rings. The third-order valence-electron chi connectivity index (χ3n) is 2.68. The largest absolute Gasteiger partial charge is 0.497 e. The zero-order valence-corrected chi connectivity index (χ0v) is 11.6. The normalized spacial score (nSPS) is 12.3. The fourth-order valence-electron chi connectivity index (χ4n) is 1.65. The summed E-state index contributed by atoms with van der Waals surface area (Å²) in [5, 5.41) is 21.2. The number of carbonyl (C=O) groups excluding carboxylic acids is 1. The van der Waals surface area contributed by atoms with Gasteiger partial charge >= 0.3 is 12.1 Å². The topological polar surface area (TPSA) is 119 Å². The summed E-state index contributed by atoms with van der Waals surface area (Å²) in [6.07, 6.45) is -6.65. The summed E-state index contributed by atoms with van der Waals surface area (Å²) >= 11 is 0. The van der Waals surface area contributed by atoms with Crippen LogP contribution in [0.3, 0.4) is 0 Å². The lowest BCUT2D eigenvalue weighted by atomic mass is 10.1. The van der Waals surface area contributed by atoms with Gasteiger partial charge in [-0.3, -0.25) is 14.9 Å². The predicted octanol–water partition coefficient (Wildman–Crippen LogP) is 1.74. The maximum Gasteiger partial charge on any atom is 0.391 e. The molecule has 1 amide bonds. The molecule has 0 aliphatic carbocycles. The van der Waals surface area contributed by atoms with Gasteiger partial charge in [-0.25, -0.2) is 4.79 Å². The standard InChI is InChI=1S/C12H11F3N2O6/c1-23-6-2-3-9(17(21)22)7(4-6)10(18)16-8(11(19)20)5-12(13,14)15/h2-4,8H,5H2,1H3,(H,16,18)(H,19,20). The van der Waals surface area contributed by atoms with Gasteiger partial charge in [0.1, 0.15) is 17.4 Å². The number of hydrogen-bond donors (Lipinski definition) is 2. The second-order valence-corrected chi connectivity index (χ2v) is 4.32. The summed E-state index contributed by atoms with van der Waals surface area (Å²) < 4.78 is 41.7. The minimum absolute atomic E-state index is 0.0449. The van der Waals surface area contributed by atoms with Crippen LogP contribution in [-0.2, 0) is 4.79 Å². The molecular formula is C12H11F3N2O6. The first-order chi connectivity index (χ1) is 10.5. The Morgan fingerprint density at radius 2 is 2.04 bits per heavy atom. The Hall–Kier alpha value is -2.85. The molecule has 0 fully saturated rings. The fourth-order valence-corrected chi connectivity index (χ4v) is 1.65. The van der Waals surface area contributed by atoms with Gasteiger partial charge in [-0.15, -0.1) is 0 Å². The smallest absolute Gasteiger partial charge is 0.391 e. The highest BCUT2D eigenvalue weighted by Crippen LogP contribution is 2.25. The van der Waals surface area contributed by atoms with E-state index in [-0.39, 0.29) is 5.75 Å². The lowest BCUT2D eigenvalue weighted by Crippen LogP contribution is -2.43. The van der Waals surface area contributed by atoms with E-state index in [0.717, 1.165) is 12.1 Å². The molecule has 11 heteroatoms. The van der Waals surface area contributed by atoms with Crippen LogP contribution in [0.1, 0.15) is 16.8 Å². The zero-order chi connectivity index (χ0) is 17.8. The van der Waals surface area contributed by atoms with E-state index in [0.29, 0.717) is 0 Å². The Morgan fingerprint density at radius 3 is 2.48 bits per heavy atom. The van der Waals surface area contributed by atoms with Crippen LogP contribution in [0.25, 0.3) is 0 Å². The summed E-state index contributed by atoms with van der Waals surface area (Å²) in [4.78, 5) is 32.7. The Labute approximate surface area is 127 Å². The highest BCUT2D eigenvalue weighted by Gasteiger charge is 2.37. The summed E-state index contributed by atoms with van der Waals surface area (Å²) in [6, 6.07) is 0.764. The van der Waals surface area contributed by atoms with Crippen LogP contribution in [0.2, 0.25) is 0 Å². The second kappa shape index (κ2) is 6.94. The van der Waals surface area contributed by atoms with Crippen molar-refractivity contribution in [1.29, 1.82) is 0 Å². The number of alkyl halides is 3. The number of benzene rings is 1. The third-order valence-corrected chi connectivity index (χ3v) is 2.68. The molecule has 2 N–H and O–H groups in total. The van der Waals surface area contributed by atoms with Crippen LogP contribution >= 0.6 is 0 Å². The van der Waals surface area contributed by atoms with Crippen molar-refractivity contribution < 1.29 is 37.5 Å². The van der Waals surface area contributed by atoms with Crippen molar-refractivity contribution in [3.8, 4) is 5.75 Å². The number of hydrogen-bond acceptors (Lipinski definition) is 5. The lowest BCUT2D eigenvalue weighted by Gasteiger charge is -2.16. The van der Waals surface area contributed by atoms with E-state index >= 15 is 0 Å². The van der Waals surface area contributed by atoms with E-state index in [1.54, 1.807) is 5.32 Å². The average Bonchev–Trinajstić information content (AvgIpc) is 2.44. The number of carboxylic acid groups (broad SMARTS) is 1. The van der Waals surface area contributed by atoms with Crippen LogP contribution in [0.5, 0.6) is 5.75 Å². The molecule has 23 heavy (non-hydrogen) atoms. The number of methoxy groups -OCH3 is 1. The first-order valence-corrected chi connectivity index (χ1v) is 5.98. The van der Waals surface area contributed by atoms with E-state index < -0.39 is 46.7 Å². The van der Waals surface area contributed by atoms with Gasteiger partial charge in [-0.2, -0.15) is 13.2 Å². The first kappa shape index (κ1) is 18.2. The van der Waals surface area contributed by atoms with Gasteiger partial charge in [0.25, 0.3) is 11.6 Å². The number of rotatable bonds is 6. The van der Waals surface area contributed by atoms with Crippen molar-refractivity contribution in [3.63, 3.8) is 0 Å². The van der Waals surface area contributed by atoms with E-state index in [9.17, 15) is 32.9 Å². The summed E-state index contributed by atoms with van der Waals surface area (Å²) in [7, 11) is 1.21. The highest BCUT2D eigenvalue weighted by atomic mass is 19.4. The molecule has 1 atom stereocenters. The van der Waals surface area contributed by atoms with Gasteiger partial charge in [0, 0.05) is 6.07 Å². The molecule has 0 saturated carbocycles. The molecular weight excluding hydrogens is 325 g/mol. The zero-order valence-electron chi connectivity index (χ0n) is 11.6. The molecule has 0 aliphatic heterocycles. The van der Waals surface area contributed by atoms with Gasteiger partial charge in [0.2, 0.25) is 0 Å². The molecule has 126 valence electrons. The Bertz CT molecular complexity index is 632. The van der Waals surface area contributed by atoms with Gasteiger partial charge in [0.05, 0.1) is 18.5 Å². The van der Waals surface area contributed by atoms with E-state index in [2.05, 4.69) is 0 Å². The molecule has 1 unspecified atom stereocenters. The van der Waals surface area contributed by atoms with Crippen molar-refractivity contribution in [2.45, 2.75) is 18.6 Å². The lowest BCUT2D eigenvalue weighted by molar-refractivity contribution is -0.385. The summed E-state index contributed by atoms with van der Waals surface area (Å²) in [5.74, 6) is -3.20. The minimum Gasteiger partial charge on any atom is -0.497 e. The van der Waals surface area contributed by atoms with Gasteiger partial charge in [-0.05, 0) is 12.1 Å². The molecule has 0 radical (unpaired) electrons. The highest BCUT2D eigenvalue weighted by molar-refractivity contribution is 6.00. The van der Waals surface area contributed by atoms with E-state index in [1.807, 2.05) is 0 Å². The molecule has 0 spiro atoms. The number of carboxylic acids is 1. The number of nitro benzene ring substituents is 1. The maximum absolute atomic E-state index is 12.3. The van der Waals surface area contributed by atoms with Gasteiger partial charge < -0.3 is 15.2 Å². The van der Waals surface area contributed by atoms with Crippen LogP contribution in [0, 0.1) is 10.1 Å². The number of halogens is 3. The number of nitrogens with one attached hydrogen (secondary N) is 1. The molecule has 0 bridgehead atoms. The van der Waals surface area contributed by atoms with Crippen LogP contribution in [0.15, 0.2) is 18.2 Å². The number of nitro groups is 1. The second-order valence-electron chi connectivity index (χ2n) is 4.32. The molecule has 8 nitrogen and oxygen atoms in total. The number of ether oxygens (including phenoxy) is 1. The molecule has 1 aromatic rings. The van der Waals surface area contributed by atoms with Crippen molar-refractivity contribution in [3.05, 3.63) is 33.9 Å². The van der Waals surface area contributed by atoms with Crippen LogP contribution in [0.4, 0.5) is 18.9 Å². The van der Waals surface area contributed by atoms with Crippen LogP contribution in [-0.4, -0.2) is 41.2 Å². The van der Waals surface area contributed by atoms with E-state index in [4.69, 9.17) is 9.84 Å². The third kappa shape index (κ3) is 5.13. The monoisotopic (exact) mass is 336 g/mol. The quantitative estimate of drug-likeness (QED) is 0.603. The van der Waals surface area contributed by atoms with Crippen LogP contribution < -0.4 is 10.1 Å². The predicted molar refractivity (Wildman–Crippen MR) is 69.2 cm³/mol. The molecule has 0 heterocycles. The van der Waals surface area contributed by atoms with Crippen molar-refractivity contribution >= 4 is 17.6 Å². The van der Waals surface area contributed by atoms with Crippen molar-refractivity contribution in [2.24, 2.45) is 0 Å². The minimum atomic E-state index is -4.84. The summed E-state index contributed by atoms with van der Waals surface area (Å²) in [5.41, 5.74) is -1.30. The molecule has 1 rings (SSSR count). The number of amides is 1. The van der Waals surface area contributed by atoms with Crippen molar-refractivity contribution in [2.75, 3.05) is 7.11 Å². The summed E-state index contributed by atoms with van der Waals surface area (Å²) in [6.45, 7) is 0. The Morgan fingerprint density at radius 1 is 1.43 bits per heavy atom. The molecule has 0 saturated heterocycles. The van der Waals surface area contributed by atoms with Gasteiger partial charge in [-0.1, -0.05) is 0 Å². The Kier molecular flexibility index (Phi) is 5.49. The van der Waals surface area contributed by atoms with E-state index in [1.165, 1.54) is 13.2 Å². The fraction of sp³-hybridized carbons (Fsp3) is 0.333. The maximum atomic E-state index is 12.3. The molecule has 1 aromatic carbocycles. The average molecular weight is 336 g/mol. The number of nitrogens with zero attached hydrogens (tertiary/aromatic N) is 1. The molecule has 0 aromatic heterocycles. The number of carbonyl (C=O) groups is 2. The SMILES string of the molecule is COc1ccc([N+](=O)[O-])c(C(=O)NC(CC(F)(F)F)C(=O)O)c1. The first-order valence-electron chi connectivity index (χ1n) is 5.98. The Balaban J connectivity index is 3.12.